The van der Waals surface area contributed by atoms with E-state index < -0.39 is 0 Å². The zero-order valence-corrected chi connectivity index (χ0v) is 14.6. The summed E-state index contributed by atoms with van der Waals surface area (Å²) < 4.78 is 0. The molecule has 1 unspecified atom stereocenters. The van der Waals surface area contributed by atoms with Crippen molar-refractivity contribution in [2.45, 2.75) is 25.9 Å². The van der Waals surface area contributed by atoms with E-state index in [1.165, 1.54) is 5.01 Å². The largest absolute Gasteiger partial charge is 0.366 e. The fraction of sp³-hybridized carbons (Fsp3) is 0.250. The normalized spacial score (nSPS) is 18.0. The number of hydrogen-bond donors (Lipinski definition) is 3. The van der Waals surface area contributed by atoms with Gasteiger partial charge in [0.1, 0.15) is 6.17 Å². The van der Waals surface area contributed by atoms with Crippen LogP contribution in [0, 0.1) is 18.4 Å². The minimum atomic E-state index is -0.325. The minimum absolute atomic E-state index is 0.00111. The molecule has 2 aliphatic rings. The van der Waals surface area contributed by atoms with Crippen LogP contribution >= 0.6 is 0 Å². The molecule has 4 rings (SSSR count). The van der Waals surface area contributed by atoms with Crippen LogP contribution in [-0.2, 0) is 4.79 Å². The number of nitrogens with two attached hydrogens (primary N) is 1. The molecular formula is C20H21N5O. The third-order valence-electron chi connectivity index (χ3n) is 4.98. The Bertz CT molecular complexity index is 1010. The molecule has 0 aromatic heterocycles. The summed E-state index contributed by atoms with van der Waals surface area (Å²) >= 11 is 0. The van der Waals surface area contributed by atoms with Gasteiger partial charge < -0.3 is 5.32 Å². The summed E-state index contributed by atoms with van der Waals surface area (Å²) in [7, 11) is 0. The predicted octanol–water partition coefficient (Wildman–Crippen LogP) is 1.88. The molecule has 0 saturated heterocycles. The number of nitrogens with one attached hydrogen (secondary N) is 2. The van der Waals surface area contributed by atoms with E-state index in [1.807, 2.05) is 49.5 Å². The molecule has 6 nitrogen and oxygen atoms in total. The van der Waals surface area contributed by atoms with Gasteiger partial charge in [0.15, 0.2) is 0 Å². The van der Waals surface area contributed by atoms with E-state index in [0.717, 1.165) is 40.0 Å². The first-order chi connectivity index (χ1) is 12.6. The molecule has 26 heavy (non-hydrogen) atoms. The Morgan fingerprint density at radius 1 is 1.23 bits per heavy atom. The topological polar surface area (TPSA) is 94.6 Å². The fourth-order valence-corrected chi connectivity index (χ4v) is 3.24. The highest BCUT2D eigenvalue weighted by Gasteiger charge is 2.34. The lowest BCUT2D eigenvalue weighted by molar-refractivity contribution is -0.134. The van der Waals surface area contributed by atoms with Crippen LogP contribution in [0.4, 0.5) is 5.69 Å². The third-order valence-corrected chi connectivity index (χ3v) is 4.98. The van der Waals surface area contributed by atoms with E-state index in [4.69, 9.17) is 11.4 Å². The number of benzene rings is 2. The molecule has 1 aliphatic carbocycles. The Balaban J connectivity index is 1.68. The number of carbonyl (C=O) groups excluding carboxylic acids is 1. The van der Waals surface area contributed by atoms with Gasteiger partial charge in [-0.1, -0.05) is 18.2 Å². The van der Waals surface area contributed by atoms with E-state index in [1.54, 1.807) is 0 Å². The van der Waals surface area contributed by atoms with Gasteiger partial charge in [0.25, 0.3) is 0 Å². The second kappa shape index (κ2) is 6.38. The first-order valence-corrected chi connectivity index (χ1v) is 8.71. The summed E-state index contributed by atoms with van der Waals surface area (Å²) in [5, 5.41) is 10.1. The molecule has 1 heterocycles. The average molecular weight is 347 g/mol. The lowest BCUT2D eigenvalue weighted by Gasteiger charge is -2.27. The summed E-state index contributed by atoms with van der Waals surface area (Å²) in [4.78, 5) is 12.2. The number of hydrogen-bond acceptors (Lipinski definition) is 5. The SMILES string of the molecule is Cc1ccc(N=N)cc1-c1ccc2c(c1)=CNC(N(N)C(=O)C1CC1)C=2. The van der Waals surface area contributed by atoms with Gasteiger partial charge >= 0.3 is 0 Å². The Labute approximate surface area is 151 Å². The Hall–Kier alpha value is -2.99. The van der Waals surface area contributed by atoms with Crippen LogP contribution in [0.2, 0.25) is 0 Å². The Morgan fingerprint density at radius 3 is 2.77 bits per heavy atom. The van der Waals surface area contributed by atoms with Crippen molar-refractivity contribution in [1.82, 2.24) is 10.3 Å². The number of fused-ring (bicyclic) bond motifs is 1. The first-order valence-electron chi connectivity index (χ1n) is 8.71. The van der Waals surface area contributed by atoms with Gasteiger partial charge in [0.05, 0.1) is 5.69 Å². The standard InChI is InChI=1S/C20H21N5O/c1-12-2-7-17(24-21)10-18(12)15-6-5-14-9-19(23-11-16(14)8-15)25(22)20(26)13-3-4-13/h2,5-11,13,19,21,23H,3-4,22H2,1H3. The third kappa shape index (κ3) is 2.99. The molecule has 4 N–H and O–H groups in total. The van der Waals surface area contributed by atoms with Gasteiger partial charge in [-0.15, -0.1) is 0 Å². The highest BCUT2D eigenvalue weighted by atomic mass is 16.2. The van der Waals surface area contributed by atoms with Crippen molar-refractivity contribution in [1.29, 1.82) is 5.53 Å². The van der Waals surface area contributed by atoms with Crippen LogP contribution in [0.1, 0.15) is 18.4 Å². The summed E-state index contributed by atoms with van der Waals surface area (Å²) in [6.07, 6.45) is 5.42. The highest BCUT2D eigenvalue weighted by Crippen LogP contribution is 2.30. The lowest BCUT2D eigenvalue weighted by Crippen LogP contribution is -2.54. The number of rotatable bonds is 4. The Morgan fingerprint density at radius 2 is 2.04 bits per heavy atom. The number of carbonyl (C=O) groups is 1. The van der Waals surface area contributed by atoms with Crippen molar-refractivity contribution < 1.29 is 4.79 Å². The van der Waals surface area contributed by atoms with Crippen LogP contribution in [0.3, 0.4) is 0 Å². The molecule has 1 atom stereocenters. The van der Waals surface area contributed by atoms with Crippen LogP contribution in [-0.4, -0.2) is 17.1 Å². The molecule has 132 valence electrons. The van der Waals surface area contributed by atoms with E-state index >= 15 is 0 Å². The lowest BCUT2D eigenvalue weighted by atomic mass is 9.98. The van der Waals surface area contributed by atoms with E-state index in [0.29, 0.717) is 5.69 Å². The quantitative estimate of drug-likeness (QED) is 0.341. The second-order valence-electron chi connectivity index (χ2n) is 6.90. The second-order valence-corrected chi connectivity index (χ2v) is 6.90. The minimum Gasteiger partial charge on any atom is -0.366 e. The molecule has 6 heteroatoms. The van der Waals surface area contributed by atoms with E-state index in [9.17, 15) is 4.79 Å². The molecule has 0 radical (unpaired) electrons. The van der Waals surface area contributed by atoms with Crippen molar-refractivity contribution in [2.75, 3.05) is 0 Å². The molecule has 1 amide bonds. The summed E-state index contributed by atoms with van der Waals surface area (Å²) in [6, 6.07) is 11.9. The van der Waals surface area contributed by atoms with Gasteiger partial charge in [-0.3, -0.25) is 9.80 Å². The number of nitrogens with zero attached hydrogens (tertiary/aromatic N) is 2. The number of aryl methyl sites for hydroxylation is 1. The maximum atomic E-state index is 12.2. The first kappa shape index (κ1) is 16.5. The van der Waals surface area contributed by atoms with Crippen LogP contribution in [0.25, 0.3) is 23.4 Å². The highest BCUT2D eigenvalue weighted by molar-refractivity contribution is 5.81. The summed E-state index contributed by atoms with van der Waals surface area (Å²) in [6.45, 7) is 2.04. The average Bonchev–Trinajstić information content (AvgIpc) is 3.51. The number of amides is 1. The van der Waals surface area contributed by atoms with Gasteiger partial charge in [-0.2, -0.15) is 5.11 Å². The maximum Gasteiger partial charge on any atom is 0.241 e. The zero-order chi connectivity index (χ0) is 18.3. The summed E-state index contributed by atoms with van der Waals surface area (Å²) in [5.41, 5.74) is 11.1. The molecule has 2 aromatic carbocycles. The number of hydrazine groups is 1. The predicted molar refractivity (Wildman–Crippen MR) is 100 cm³/mol. The monoisotopic (exact) mass is 347 g/mol. The molecule has 1 fully saturated rings. The molecule has 1 aliphatic heterocycles. The fourth-order valence-electron chi connectivity index (χ4n) is 3.24. The van der Waals surface area contributed by atoms with Crippen molar-refractivity contribution in [3.63, 3.8) is 0 Å². The van der Waals surface area contributed by atoms with Crippen molar-refractivity contribution >= 4 is 23.9 Å². The van der Waals surface area contributed by atoms with Crippen LogP contribution < -0.4 is 21.6 Å². The van der Waals surface area contributed by atoms with Crippen molar-refractivity contribution in [3.05, 3.63) is 52.4 Å². The molecule has 0 bridgehead atoms. The Kier molecular flexibility index (Phi) is 4.05. The van der Waals surface area contributed by atoms with Crippen molar-refractivity contribution in [2.24, 2.45) is 16.9 Å². The smallest absolute Gasteiger partial charge is 0.241 e. The van der Waals surface area contributed by atoms with E-state index in [-0.39, 0.29) is 18.0 Å². The summed E-state index contributed by atoms with van der Waals surface area (Å²) in [5.74, 6) is 6.10. The van der Waals surface area contributed by atoms with Gasteiger partial charge in [0.2, 0.25) is 5.91 Å². The maximum absolute atomic E-state index is 12.2. The zero-order valence-electron chi connectivity index (χ0n) is 14.6. The van der Waals surface area contributed by atoms with Crippen LogP contribution in [0.5, 0.6) is 0 Å². The van der Waals surface area contributed by atoms with E-state index in [2.05, 4.69) is 16.5 Å². The molecule has 2 aromatic rings. The molecule has 1 saturated carbocycles. The van der Waals surface area contributed by atoms with Gasteiger partial charge in [-0.05, 0) is 71.2 Å². The molecule has 0 spiro atoms. The van der Waals surface area contributed by atoms with Crippen molar-refractivity contribution in [3.8, 4) is 11.1 Å². The van der Waals surface area contributed by atoms with Crippen LogP contribution in [0.15, 0.2) is 41.5 Å². The van der Waals surface area contributed by atoms with Gasteiger partial charge in [-0.25, -0.2) is 11.4 Å². The van der Waals surface area contributed by atoms with Gasteiger partial charge in [0, 0.05) is 12.1 Å². The molecular weight excluding hydrogens is 326 g/mol.